The van der Waals surface area contributed by atoms with Crippen molar-refractivity contribution in [1.82, 2.24) is 14.3 Å². The number of thiophene rings is 1. The summed E-state index contributed by atoms with van der Waals surface area (Å²) >= 11 is 6.91. The highest BCUT2D eigenvalue weighted by Crippen LogP contribution is 2.33. The van der Waals surface area contributed by atoms with Gasteiger partial charge in [0, 0.05) is 17.8 Å². The van der Waals surface area contributed by atoms with E-state index in [9.17, 15) is 13.2 Å². The first kappa shape index (κ1) is 21.1. The van der Waals surface area contributed by atoms with Crippen LogP contribution in [0.5, 0.6) is 0 Å². The van der Waals surface area contributed by atoms with E-state index in [0.717, 1.165) is 27.9 Å². The highest BCUT2D eigenvalue weighted by atomic mass is 35.5. The molecule has 7 nitrogen and oxygen atoms in total. The molecule has 1 amide bonds. The van der Waals surface area contributed by atoms with Crippen LogP contribution in [0.25, 0.3) is 22.4 Å². The maximum atomic E-state index is 13.0. The summed E-state index contributed by atoms with van der Waals surface area (Å²) in [5.74, 6) is 0.345. The molecule has 32 heavy (non-hydrogen) atoms. The SMILES string of the molecule is O=C(Nc1cccc(-c2nc3ccccc3[nH]2)c1)[C@@H]1CCCN1S(=O)(=O)c1ccc(Cl)s1. The molecule has 2 aromatic heterocycles. The number of H-pyrrole nitrogens is 1. The number of aromatic nitrogens is 2. The molecule has 1 aliphatic rings. The predicted molar refractivity (Wildman–Crippen MR) is 126 cm³/mol. The van der Waals surface area contributed by atoms with Gasteiger partial charge in [0.25, 0.3) is 10.0 Å². The van der Waals surface area contributed by atoms with Crippen LogP contribution in [0.1, 0.15) is 12.8 Å². The Morgan fingerprint density at radius 3 is 2.78 bits per heavy atom. The average Bonchev–Trinajstić information content (AvgIpc) is 3.53. The molecule has 0 bridgehead atoms. The fraction of sp³-hybridized carbons (Fsp3) is 0.182. The lowest BCUT2D eigenvalue weighted by atomic mass is 10.1. The third-order valence-electron chi connectivity index (χ3n) is 5.41. The van der Waals surface area contributed by atoms with Gasteiger partial charge in [-0.05, 0) is 49.2 Å². The number of anilines is 1. The molecule has 4 aromatic rings. The van der Waals surface area contributed by atoms with Crippen molar-refractivity contribution >= 4 is 55.6 Å². The lowest BCUT2D eigenvalue weighted by molar-refractivity contribution is -0.119. The molecule has 1 fully saturated rings. The molecule has 1 saturated heterocycles. The second-order valence-corrected chi connectivity index (χ2v) is 11.3. The number of nitrogens with one attached hydrogen (secondary N) is 2. The molecule has 0 spiro atoms. The van der Waals surface area contributed by atoms with Gasteiger partial charge in [-0.3, -0.25) is 4.79 Å². The Balaban J connectivity index is 1.37. The molecule has 0 unspecified atom stereocenters. The Hall–Kier alpha value is -2.72. The Morgan fingerprint density at radius 1 is 1.16 bits per heavy atom. The highest BCUT2D eigenvalue weighted by molar-refractivity contribution is 7.91. The zero-order valence-electron chi connectivity index (χ0n) is 16.8. The number of carbonyl (C=O) groups excluding carboxylic acids is 1. The molecule has 2 N–H and O–H groups in total. The van der Waals surface area contributed by atoms with E-state index in [4.69, 9.17) is 11.6 Å². The lowest BCUT2D eigenvalue weighted by Gasteiger charge is -2.22. The lowest BCUT2D eigenvalue weighted by Crippen LogP contribution is -2.42. The Labute approximate surface area is 194 Å². The molecular formula is C22H19ClN4O3S2. The second kappa shape index (κ2) is 8.32. The van der Waals surface area contributed by atoms with Gasteiger partial charge < -0.3 is 10.3 Å². The Morgan fingerprint density at radius 2 is 2.00 bits per heavy atom. The summed E-state index contributed by atoms with van der Waals surface area (Å²) in [6, 6.07) is 17.3. The van der Waals surface area contributed by atoms with E-state index >= 15 is 0 Å². The maximum absolute atomic E-state index is 13.0. The number of aromatic amines is 1. The summed E-state index contributed by atoms with van der Waals surface area (Å²) < 4.78 is 27.9. The van der Waals surface area contributed by atoms with Crippen LogP contribution in [0.2, 0.25) is 4.34 Å². The molecule has 1 aliphatic heterocycles. The van der Waals surface area contributed by atoms with Gasteiger partial charge in [-0.1, -0.05) is 35.9 Å². The average molecular weight is 487 g/mol. The summed E-state index contributed by atoms with van der Waals surface area (Å²) in [7, 11) is -3.78. The summed E-state index contributed by atoms with van der Waals surface area (Å²) in [5.41, 5.74) is 3.19. The largest absolute Gasteiger partial charge is 0.338 e. The maximum Gasteiger partial charge on any atom is 0.253 e. The number of fused-ring (bicyclic) bond motifs is 1. The smallest absolute Gasteiger partial charge is 0.253 e. The van der Waals surface area contributed by atoms with E-state index < -0.39 is 16.1 Å². The van der Waals surface area contributed by atoms with Crippen molar-refractivity contribution in [3.63, 3.8) is 0 Å². The van der Waals surface area contributed by atoms with Gasteiger partial charge in [0.1, 0.15) is 16.1 Å². The molecule has 10 heteroatoms. The standard InChI is InChI=1S/C22H19ClN4O3S2/c23-19-10-11-20(31-19)32(29,30)27-12-4-9-18(27)22(28)24-15-6-3-5-14(13-15)21-25-16-7-1-2-8-17(16)26-21/h1-3,5-8,10-11,13,18H,4,9,12H2,(H,24,28)(H,25,26)/t18-/m0/s1. The van der Waals surface area contributed by atoms with Gasteiger partial charge in [-0.15, -0.1) is 11.3 Å². The van der Waals surface area contributed by atoms with Crippen molar-refractivity contribution in [1.29, 1.82) is 0 Å². The first-order valence-corrected chi connectivity index (χ1v) is 12.7. The molecule has 3 heterocycles. The predicted octanol–water partition coefficient (Wildman–Crippen LogP) is 4.74. The molecule has 164 valence electrons. The van der Waals surface area contributed by atoms with Crippen LogP contribution in [-0.2, 0) is 14.8 Å². The molecular weight excluding hydrogens is 468 g/mol. The first-order chi connectivity index (χ1) is 15.4. The zero-order chi connectivity index (χ0) is 22.3. The minimum absolute atomic E-state index is 0.147. The van der Waals surface area contributed by atoms with E-state index in [1.165, 1.54) is 10.4 Å². The van der Waals surface area contributed by atoms with E-state index in [0.29, 0.717) is 35.2 Å². The van der Waals surface area contributed by atoms with Crippen LogP contribution >= 0.6 is 22.9 Å². The van der Waals surface area contributed by atoms with Gasteiger partial charge >= 0.3 is 0 Å². The first-order valence-electron chi connectivity index (χ1n) is 10.0. The molecule has 5 rings (SSSR count). The molecule has 2 aromatic carbocycles. The molecule has 0 aliphatic carbocycles. The molecule has 0 saturated carbocycles. The second-order valence-electron chi connectivity index (χ2n) is 7.50. The molecule has 0 radical (unpaired) electrons. The molecule has 1 atom stereocenters. The number of rotatable bonds is 5. The van der Waals surface area contributed by atoms with E-state index in [-0.39, 0.29) is 10.1 Å². The number of amides is 1. The number of benzene rings is 2. The van der Waals surface area contributed by atoms with Gasteiger partial charge in [0.2, 0.25) is 5.91 Å². The number of carbonyl (C=O) groups is 1. The number of hydrogen-bond acceptors (Lipinski definition) is 5. The van der Waals surface area contributed by atoms with Crippen LogP contribution in [0.15, 0.2) is 64.9 Å². The van der Waals surface area contributed by atoms with Crippen LogP contribution in [0.4, 0.5) is 5.69 Å². The van der Waals surface area contributed by atoms with Gasteiger partial charge in [-0.2, -0.15) is 4.31 Å². The summed E-state index contributed by atoms with van der Waals surface area (Å²) in [4.78, 5) is 20.9. The number of para-hydroxylation sites is 2. The summed E-state index contributed by atoms with van der Waals surface area (Å²) in [6.07, 6.45) is 1.09. The van der Waals surface area contributed by atoms with Crippen molar-refractivity contribution in [2.75, 3.05) is 11.9 Å². The van der Waals surface area contributed by atoms with Crippen LogP contribution in [0.3, 0.4) is 0 Å². The quantitative estimate of drug-likeness (QED) is 0.426. The highest BCUT2D eigenvalue weighted by Gasteiger charge is 2.40. The van der Waals surface area contributed by atoms with Crippen molar-refractivity contribution in [2.24, 2.45) is 0 Å². The van der Waals surface area contributed by atoms with Crippen LogP contribution < -0.4 is 5.32 Å². The van der Waals surface area contributed by atoms with Crippen molar-refractivity contribution in [2.45, 2.75) is 23.1 Å². The number of imidazole rings is 1. The third-order valence-corrected chi connectivity index (χ3v) is 9.02. The van der Waals surface area contributed by atoms with E-state index in [1.807, 2.05) is 42.5 Å². The van der Waals surface area contributed by atoms with Gasteiger partial charge in [-0.25, -0.2) is 13.4 Å². The van der Waals surface area contributed by atoms with E-state index in [1.54, 1.807) is 12.1 Å². The van der Waals surface area contributed by atoms with Crippen molar-refractivity contribution in [3.05, 3.63) is 65.0 Å². The minimum atomic E-state index is -3.78. The number of nitrogens with zero attached hydrogens (tertiary/aromatic N) is 2. The zero-order valence-corrected chi connectivity index (χ0v) is 19.2. The van der Waals surface area contributed by atoms with Crippen molar-refractivity contribution < 1.29 is 13.2 Å². The van der Waals surface area contributed by atoms with Crippen molar-refractivity contribution in [3.8, 4) is 11.4 Å². The number of sulfonamides is 1. The topological polar surface area (TPSA) is 95.2 Å². The van der Waals surface area contributed by atoms with Gasteiger partial charge in [0.05, 0.1) is 15.4 Å². The fourth-order valence-corrected chi connectivity index (χ4v) is 7.17. The fourth-order valence-electron chi connectivity index (χ4n) is 3.90. The monoisotopic (exact) mass is 486 g/mol. The summed E-state index contributed by atoms with van der Waals surface area (Å²) in [5, 5.41) is 2.88. The third kappa shape index (κ3) is 3.93. The van der Waals surface area contributed by atoms with Crippen LogP contribution in [0, 0.1) is 0 Å². The Kier molecular flexibility index (Phi) is 5.50. The number of hydrogen-bond donors (Lipinski definition) is 2. The Bertz CT molecular complexity index is 1380. The van der Waals surface area contributed by atoms with Crippen LogP contribution in [-0.4, -0.2) is 41.2 Å². The van der Waals surface area contributed by atoms with E-state index in [2.05, 4.69) is 15.3 Å². The minimum Gasteiger partial charge on any atom is -0.338 e. The number of halogens is 1. The van der Waals surface area contributed by atoms with Gasteiger partial charge in [0.15, 0.2) is 0 Å². The summed E-state index contributed by atoms with van der Waals surface area (Å²) in [6.45, 7) is 0.301. The normalized spacial score (nSPS) is 17.1.